The van der Waals surface area contributed by atoms with Crippen LogP contribution < -0.4 is 14.8 Å². The Hall–Kier alpha value is -2.38. The maximum Gasteiger partial charge on any atom is 0.244 e. The van der Waals surface area contributed by atoms with Crippen molar-refractivity contribution in [1.82, 2.24) is 4.72 Å². The summed E-state index contributed by atoms with van der Waals surface area (Å²) < 4.78 is 33.2. The molecule has 26 heavy (non-hydrogen) atoms. The van der Waals surface area contributed by atoms with Crippen molar-refractivity contribution < 1.29 is 17.9 Å². The minimum Gasteiger partial charge on any atom is -0.495 e. The third-order valence-corrected chi connectivity index (χ3v) is 5.47. The van der Waals surface area contributed by atoms with Crippen LogP contribution in [0.3, 0.4) is 0 Å². The van der Waals surface area contributed by atoms with Crippen molar-refractivity contribution in [3.63, 3.8) is 0 Å². The van der Waals surface area contributed by atoms with E-state index >= 15 is 0 Å². The Kier molecular flexibility index (Phi) is 6.39. The molecule has 0 saturated carbocycles. The number of rotatable bonds is 7. The molecule has 1 amide bonds. The molecular weight excluding hydrogens is 352 g/mol. The second-order valence-corrected chi connectivity index (χ2v) is 7.95. The second kappa shape index (κ2) is 8.33. The smallest absolute Gasteiger partial charge is 0.244 e. The van der Waals surface area contributed by atoms with Gasteiger partial charge in [0.15, 0.2) is 0 Å². The Morgan fingerprint density at radius 3 is 2.27 bits per heavy atom. The lowest BCUT2D eigenvalue weighted by atomic mass is 10.0. The number of carbonyl (C=O) groups excluding carboxylic acids is 1. The highest BCUT2D eigenvalue weighted by molar-refractivity contribution is 7.89. The van der Waals surface area contributed by atoms with Crippen LogP contribution in [-0.2, 0) is 14.8 Å². The van der Waals surface area contributed by atoms with Gasteiger partial charge in [-0.05, 0) is 42.7 Å². The molecule has 0 aliphatic heterocycles. The van der Waals surface area contributed by atoms with Crippen molar-refractivity contribution in [2.75, 3.05) is 12.4 Å². The molecule has 0 bridgehead atoms. The highest BCUT2D eigenvalue weighted by Gasteiger charge is 2.25. The fraction of sp³-hybridized carbons (Fsp3) is 0.316. The molecule has 140 valence electrons. The SMILES string of the molecule is COc1ccc(C(C)C)cc1S(=O)(=O)NC(C)C(=O)Nc1ccccc1. The minimum atomic E-state index is -3.93. The molecule has 1 unspecified atom stereocenters. The molecule has 2 aromatic rings. The lowest BCUT2D eigenvalue weighted by Gasteiger charge is -2.17. The first-order valence-corrected chi connectivity index (χ1v) is 9.79. The van der Waals surface area contributed by atoms with Crippen LogP contribution in [0.15, 0.2) is 53.4 Å². The summed E-state index contributed by atoms with van der Waals surface area (Å²) >= 11 is 0. The second-order valence-electron chi connectivity index (χ2n) is 6.26. The molecule has 0 heterocycles. The number of carbonyl (C=O) groups is 1. The van der Waals surface area contributed by atoms with Crippen LogP contribution in [0, 0.1) is 0 Å². The Labute approximate surface area is 154 Å². The quantitative estimate of drug-likeness (QED) is 0.778. The molecule has 0 aliphatic rings. The van der Waals surface area contributed by atoms with E-state index in [0.29, 0.717) is 5.69 Å². The standard InChI is InChI=1S/C19H24N2O4S/c1-13(2)15-10-11-17(25-4)18(12-15)26(23,24)21-14(3)19(22)20-16-8-6-5-7-9-16/h5-14,21H,1-4H3,(H,20,22). The maximum atomic E-state index is 12.8. The Morgan fingerprint density at radius 1 is 1.04 bits per heavy atom. The molecule has 2 rings (SSSR count). The lowest BCUT2D eigenvalue weighted by Crippen LogP contribution is -2.41. The molecule has 6 nitrogen and oxygen atoms in total. The zero-order valence-electron chi connectivity index (χ0n) is 15.3. The highest BCUT2D eigenvalue weighted by atomic mass is 32.2. The zero-order chi connectivity index (χ0) is 19.3. The highest BCUT2D eigenvalue weighted by Crippen LogP contribution is 2.28. The zero-order valence-corrected chi connectivity index (χ0v) is 16.1. The van der Waals surface area contributed by atoms with E-state index in [1.807, 2.05) is 26.0 Å². The molecule has 0 aromatic heterocycles. The molecule has 2 aromatic carbocycles. The van der Waals surface area contributed by atoms with Crippen molar-refractivity contribution in [2.24, 2.45) is 0 Å². The van der Waals surface area contributed by atoms with E-state index in [9.17, 15) is 13.2 Å². The normalized spacial score (nSPS) is 12.7. The van der Waals surface area contributed by atoms with E-state index < -0.39 is 22.0 Å². The van der Waals surface area contributed by atoms with Gasteiger partial charge in [0.1, 0.15) is 10.6 Å². The Morgan fingerprint density at radius 2 is 1.69 bits per heavy atom. The van der Waals surface area contributed by atoms with Crippen LogP contribution in [0.25, 0.3) is 0 Å². The van der Waals surface area contributed by atoms with Gasteiger partial charge in [-0.3, -0.25) is 4.79 Å². The third kappa shape index (κ3) is 4.83. The number of sulfonamides is 1. The predicted octanol–water partition coefficient (Wildman–Crippen LogP) is 3.12. The van der Waals surface area contributed by atoms with E-state index in [1.165, 1.54) is 14.0 Å². The Bertz CT molecular complexity index is 864. The summed E-state index contributed by atoms with van der Waals surface area (Å²) in [5.41, 5.74) is 1.47. The number of anilines is 1. The van der Waals surface area contributed by atoms with Crippen molar-refractivity contribution in [3.8, 4) is 5.75 Å². The first-order valence-electron chi connectivity index (χ1n) is 8.30. The predicted molar refractivity (Wildman–Crippen MR) is 102 cm³/mol. The van der Waals surface area contributed by atoms with Crippen molar-refractivity contribution >= 4 is 21.6 Å². The fourth-order valence-corrected chi connectivity index (χ4v) is 3.79. The molecule has 0 fully saturated rings. The number of hydrogen-bond donors (Lipinski definition) is 2. The molecule has 0 aliphatic carbocycles. The third-order valence-electron chi connectivity index (χ3n) is 3.91. The van der Waals surface area contributed by atoms with Gasteiger partial charge in [0.05, 0.1) is 13.2 Å². The molecule has 0 saturated heterocycles. The summed E-state index contributed by atoms with van der Waals surface area (Å²) in [5, 5.41) is 2.68. The number of hydrogen-bond acceptors (Lipinski definition) is 4. The van der Waals surface area contributed by atoms with Crippen molar-refractivity contribution in [3.05, 3.63) is 54.1 Å². The fourth-order valence-electron chi connectivity index (χ4n) is 2.38. The van der Waals surface area contributed by atoms with E-state index in [-0.39, 0.29) is 16.6 Å². The Balaban J connectivity index is 2.22. The van der Waals surface area contributed by atoms with Crippen LogP contribution >= 0.6 is 0 Å². The van der Waals surface area contributed by atoms with E-state index in [4.69, 9.17) is 4.74 Å². The van der Waals surface area contributed by atoms with Gasteiger partial charge in [-0.1, -0.05) is 38.1 Å². The van der Waals surface area contributed by atoms with Gasteiger partial charge in [-0.2, -0.15) is 4.72 Å². The lowest BCUT2D eigenvalue weighted by molar-refractivity contribution is -0.117. The van der Waals surface area contributed by atoms with Crippen molar-refractivity contribution in [1.29, 1.82) is 0 Å². The molecule has 1 atom stereocenters. The number of benzene rings is 2. The molecule has 0 radical (unpaired) electrons. The van der Waals surface area contributed by atoms with Crippen LogP contribution in [0.2, 0.25) is 0 Å². The summed E-state index contributed by atoms with van der Waals surface area (Å²) in [6.07, 6.45) is 0. The molecule has 7 heteroatoms. The van der Waals surface area contributed by atoms with Gasteiger partial charge in [-0.25, -0.2) is 8.42 Å². The summed E-state index contributed by atoms with van der Waals surface area (Å²) in [5.74, 6) is -0.0509. The summed E-state index contributed by atoms with van der Waals surface area (Å²) in [6.45, 7) is 5.44. The van der Waals surface area contributed by atoms with Gasteiger partial charge in [0.2, 0.25) is 15.9 Å². The number of nitrogens with one attached hydrogen (secondary N) is 2. The first kappa shape index (κ1) is 19.9. The van der Waals surface area contributed by atoms with Gasteiger partial charge in [0.25, 0.3) is 0 Å². The van der Waals surface area contributed by atoms with Crippen LogP contribution in [0.1, 0.15) is 32.3 Å². The van der Waals surface area contributed by atoms with Crippen LogP contribution in [0.4, 0.5) is 5.69 Å². The minimum absolute atomic E-state index is 0.0190. The topological polar surface area (TPSA) is 84.5 Å². The van der Waals surface area contributed by atoms with Gasteiger partial charge in [-0.15, -0.1) is 0 Å². The van der Waals surface area contributed by atoms with E-state index in [2.05, 4.69) is 10.0 Å². The van der Waals surface area contributed by atoms with E-state index in [1.54, 1.807) is 36.4 Å². The number of amides is 1. The van der Waals surface area contributed by atoms with Crippen LogP contribution in [-0.4, -0.2) is 27.5 Å². The number of para-hydroxylation sites is 1. The number of methoxy groups -OCH3 is 1. The summed E-state index contributed by atoms with van der Waals surface area (Å²) in [7, 11) is -2.52. The average Bonchev–Trinajstić information content (AvgIpc) is 2.61. The molecule has 2 N–H and O–H groups in total. The average molecular weight is 376 g/mol. The first-order chi connectivity index (χ1) is 12.2. The van der Waals surface area contributed by atoms with E-state index in [0.717, 1.165) is 5.56 Å². The van der Waals surface area contributed by atoms with Crippen molar-refractivity contribution in [2.45, 2.75) is 37.6 Å². The maximum absolute atomic E-state index is 12.8. The largest absolute Gasteiger partial charge is 0.495 e. The van der Waals surface area contributed by atoms with Gasteiger partial charge in [0, 0.05) is 5.69 Å². The number of ether oxygens (including phenoxy) is 1. The molecule has 0 spiro atoms. The van der Waals surface area contributed by atoms with Crippen LogP contribution in [0.5, 0.6) is 5.75 Å². The van der Waals surface area contributed by atoms with Gasteiger partial charge < -0.3 is 10.1 Å². The molecular formula is C19H24N2O4S. The monoisotopic (exact) mass is 376 g/mol. The summed E-state index contributed by atoms with van der Waals surface area (Å²) in [4.78, 5) is 12.3. The van der Waals surface area contributed by atoms with Gasteiger partial charge >= 0.3 is 0 Å². The summed E-state index contributed by atoms with van der Waals surface area (Å²) in [6, 6.07) is 12.9.